The van der Waals surface area contributed by atoms with Crippen molar-refractivity contribution in [1.82, 2.24) is 15.3 Å². The first-order valence-electron chi connectivity index (χ1n) is 10.4. The van der Waals surface area contributed by atoms with Crippen molar-refractivity contribution < 1.29 is 8.95 Å². The fourth-order valence-electron chi connectivity index (χ4n) is 4.61. The average Bonchev–Trinajstić information content (AvgIpc) is 3.39. The van der Waals surface area contributed by atoms with Crippen LogP contribution in [0.15, 0.2) is 9.89 Å². The zero-order chi connectivity index (χ0) is 18.9. The zero-order valence-corrected chi connectivity index (χ0v) is 16.9. The summed E-state index contributed by atoms with van der Waals surface area (Å²) in [5, 5.41) is 6.95. The molecular formula is C19H28N6O2S. The summed E-state index contributed by atoms with van der Waals surface area (Å²) in [6.45, 7) is 4.36. The van der Waals surface area contributed by atoms with Crippen LogP contribution in [0.25, 0.3) is 0 Å². The number of anilines is 2. The van der Waals surface area contributed by atoms with E-state index in [4.69, 9.17) is 14.7 Å². The van der Waals surface area contributed by atoms with Crippen molar-refractivity contribution in [3.05, 3.63) is 5.69 Å². The van der Waals surface area contributed by atoms with E-state index < -0.39 is 10.8 Å². The van der Waals surface area contributed by atoms with Gasteiger partial charge >= 0.3 is 0 Å². The summed E-state index contributed by atoms with van der Waals surface area (Å²) in [7, 11) is -0.994. The molecule has 1 aromatic heterocycles. The highest BCUT2D eigenvalue weighted by Gasteiger charge is 2.31. The minimum absolute atomic E-state index is 0.331. The van der Waals surface area contributed by atoms with Gasteiger partial charge < -0.3 is 20.3 Å². The van der Waals surface area contributed by atoms with E-state index in [1.54, 1.807) is 0 Å². The van der Waals surface area contributed by atoms with Gasteiger partial charge in [-0.2, -0.15) is 4.98 Å². The Kier molecular flexibility index (Phi) is 5.19. The van der Waals surface area contributed by atoms with E-state index in [1.807, 2.05) is 6.34 Å². The Hall–Kier alpha value is -1.74. The van der Waals surface area contributed by atoms with Gasteiger partial charge in [-0.15, -0.1) is 0 Å². The quantitative estimate of drug-likeness (QED) is 0.772. The molecule has 0 radical (unpaired) electrons. The van der Waals surface area contributed by atoms with Gasteiger partial charge in [0.15, 0.2) is 0 Å². The van der Waals surface area contributed by atoms with Crippen LogP contribution in [-0.2, 0) is 22.0 Å². The van der Waals surface area contributed by atoms with E-state index in [1.165, 1.54) is 0 Å². The van der Waals surface area contributed by atoms with E-state index in [2.05, 4.69) is 20.5 Å². The first-order valence-corrected chi connectivity index (χ1v) is 11.7. The predicted octanol–water partition coefficient (Wildman–Crippen LogP) is 0.948. The Morgan fingerprint density at radius 2 is 2.00 bits per heavy atom. The van der Waals surface area contributed by atoms with Crippen molar-refractivity contribution in [3.63, 3.8) is 0 Å². The summed E-state index contributed by atoms with van der Waals surface area (Å²) in [4.78, 5) is 17.1. The van der Waals surface area contributed by atoms with Crippen LogP contribution in [0.1, 0.15) is 31.4 Å². The molecule has 0 saturated carbocycles. The first kappa shape index (κ1) is 18.3. The molecule has 2 fully saturated rings. The van der Waals surface area contributed by atoms with Gasteiger partial charge in [-0.3, -0.25) is 9.20 Å². The SMILES string of the molecule is O=S1CCc2nc(N3CCC(C4CN=CN4)CC3)nc(NC3CCOCC3)c21. The summed E-state index contributed by atoms with van der Waals surface area (Å²) in [6.07, 6.45) is 6.78. The molecule has 152 valence electrons. The highest BCUT2D eigenvalue weighted by molar-refractivity contribution is 7.85. The molecule has 9 heteroatoms. The molecule has 2 N–H and O–H groups in total. The number of piperidine rings is 1. The molecule has 0 aliphatic carbocycles. The van der Waals surface area contributed by atoms with Crippen LogP contribution < -0.4 is 15.5 Å². The maximum absolute atomic E-state index is 12.5. The van der Waals surface area contributed by atoms with Gasteiger partial charge in [0.2, 0.25) is 5.95 Å². The normalized spacial score (nSPS) is 28.4. The number of nitrogens with zero attached hydrogens (tertiary/aromatic N) is 4. The smallest absolute Gasteiger partial charge is 0.227 e. The van der Waals surface area contributed by atoms with E-state index >= 15 is 0 Å². The molecule has 28 heavy (non-hydrogen) atoms. The lowest BCUT2D eigenvalue weighted by molar-refractivity contribution is 0.0903. The molecular weight excluding hydrogens is 376 g/mol. The number of hydrogen-bond acceptors (Lipinski definition) is 8. The minimum atomic E-state index is -0.994. The molecule has 0 bridgehead atoms. The van der Waals surface area contributed by atoms with Crippen LogP contribution >= 0.6 is 0 Å². The second-order valence-electron chi connectivity index (χ2n) is 8.07. The number of fused-ring (bicyclic) bond motifs is 1. The molecule has 5 heterocycles. The van der Waals surface area contributed by atoms with Gasteiger partial charge in [-0.05, 0) is 31.6 Å². The maximum Gasteiger partial charge on any atom is 0.227 e. The van der Waals surface area contributed by atoms with Gasteiger partial charge in [0.05, 0.1) is 29.4 Å². The van der Waals surface area contributed by atoms with Crippen molar-refractivity contribution in [1.29, 1.82) is 0 Å². The molecule has 2 saturated heterocycles. The number of ether oxygens (including phenoxy) is 1. The number of hydrogen-bond donors (Lipinski definition) is 2. The van der Waals surface area contributed by atoms with Gasteiger partial charge in [0.25, 0.3) is 0 Å². The van der Waals surface area contributed by atoms with Crippen LogP contribution in [0.4, 0.5) is 11.8 Å². The third kappa shape index (κ3) is 3.61. The second-order valence-corrected chi connectivity index (χ2v) is 9.58. The fourth-order valence-corrected chi connectivity index (χ4v) is 5.93. The van der Waals surface area contributed by atoms with Gasteiger partial charge in [-0.1, -0.05) is 0 Å². The van der Waals surface area contributed by atoms with Gasteiger partial charge in [0.1, 0.15) is 10.7 Å². The monoisotopic (exact) mass is 404 g/mol. The molecule has 4 aliphatic rings. The largest absolute Gasteiger partial charge is 0.381 e. The molecule has 4 aliphatic heterocycles. The number of aromatic nitrogens is 2. The number of rotatable bonds is 4. The molecule has 8 nitrogen and oxygen atoms in total. The van der Waals surface area contributed by atoms with Gasteiger partial charge in [0, 0.05) is 50.6 Å². The standard InChI is InChI=1S/C19H28N6O2S/c26-28-10-5-15-17(28)18(22-14-3-8-27-9-4-14)24-19(23-15)25-6-1-13(2-7-25)16-11-20-12-21-16/h12-14,16H,1-11H2,(H,20,21)(H,22,23,24). The summed E-state index contributed by atoms with van der Waals surface area (Å²) >= 11 is 0. The zero-order valence-electron chi connectivity index (χ0n) is 16.1. The Bertz CT molecular complexity index is 766. The second kappa shape index (κ2) is 7.94. The maximum atomic E-state index is 12.5. The van der Waals surface area contributed by atoms with Crippen LogP contribution in [0.3, 0.4) is 0 Å². The Balaban J connectivity index is 1.33. The van der Waals surface area contributed by atoms with E-state index in [9.17, 15) is 4.21 Å². The van der Waals surface area contributed by atoms with Crippen molar-refractivity contribution in [2.75, 3.05) is 48.8 Å². The van der Waals surface area contributed by atoms with Crippen LogP contribution in [0.2, 0.25) is 0 Å². The Morgan fingerprint density at radius 1 is 1.18 bits per heavy atom. The van der Waals surface area contributed by atoms with Crippen LogP contribution in [-0.4, -0.2) is 71.2 Å². The molecule has 2 unspecified atom stereocenters. The molecule has 0 aromatic carbocycles. The highest BCUT2D eigenvalue weighted by Crippen LogP contribution is 2.32. The van der Waals surface area contributed by atoms with Crippen molar-refractivity contribution >= 4 is 28.9 Å². The number of aryl methyl sites for hydroxylation is 1. The Labute approximate surface area is 168 Å². The van der Waals surface area contributed by atoms with Crippen LogP contribution in [0, 0.1) is 5.92 Å². The predicted molar refractivity (Wildman–Crippen MR) is 110 cm³/mol. The first-order chi connectivity index (χ1) is 13.8. The molecule has 2 atom stereocenters. The highest BCUT2D eigenvalue weighted by atomic mass is 32.2. The average molecular weight is 405 g/mol. The van der Waals surface area contributed by atoms with E-state index in [0.717, 1.165) is 87.3 Å². The fraction of sp³-hybridized carbons (Fsp3) is 0.737. The molecule has 1 aromatic rings. The van der Waals surface area contributed by atoms with Crippen LogP contribution in [0.5, 0.6) is 0 Å². The van der Waals surface area contributed by atoms with E-state index in [0.29, 0.717) is 23.8 Å². The molecule has 5 rings (SSSR count). The lowest BCUT2D eigenvalue weighted by atomic mass is 9.90. The topological polar surface area (TPSA) is 91.7 Å². The lowest BCUT2D eigenvalue weighted by Crippen LogP contribution is -2.43. The summed E-state index contributed by atoms with van der Waals surface area (Å²) in [5.74, 6) is 2.89. The Morgan fingerprint density at radius 3 is 2.75 bits per heavy atom. The summed E-state index contributed by atoms with van der Waals surface area (Å²) in [6, 6.07) is 0.814. The summed E-state index contributed by atoms with van der Waals surface area (Å²) < 4.78 is 18.0. The number of aliphatic imine (C=N–C) groups is 1. The third-order valence-corrected chi connectivity index (χ3v) is 7.77. The van der Waals surface area contributed by atoms with Crippen molar-refractivity contribution in [3.8, 4) is 0 Å². The summed E-state index contributed by atoms with van der Waals surface area (Å²) in [5.41, 5.74) is 0.964. The van der Waals surface area contributed by atoms with Crippen molar-refractivity contribution in [2.45, 2.75) is 49.1 Å². The molecule has 0 spiro atoms. The lowest BCUT2D eigenvalue weighted by Gasteiger charge is -2.35. The number of nitrogens with one attached hydrogen (secondary N) is 2. The molecule has 0 amide bonds. The van der Waals surface area contributed by atoms with Gasteiger partial charge in [-0.25, -0.2) is 4.98 Å². The van der Waals surface area contributed by atoms with Crippen molar-refractivity contribution in [2.24, 2.45) is 10.9 Å². The third-order valence-electron chi connectivity index (χ3n) is 6.31. The minimum Gasteiger partial charge on any atom is -0.381 e. The van der Waals surface area contributed by atoms with E-state index in [-0.39, 0.29) is 0 Å².